The number of rotatable bonds is 4. The Morgan fingerprint density at radius 1 is 1.30 bits per heavy atom. The summed E-state index contributed by atoms with van der Waals surface area (Å²) in [6, 6.07) is 9.09. The molecule has 0 bridgehead atoms. The summed E-state index contributed by atoms with van der Waals surface area (Å²) in [6.45, 7) is 0.420. The Kier molecular flexibility index (Phi) is 4.27. The molecular weight excluding hydrogens is 296 g/mol. The highest BCUT2D eigenvalue weighted by Crippen LogP contribution is 2.30. The van der Waals surface area contributed by atoms with E-state index in [1.54, 1.807) is 18.3 Å². The highest BCUT2D eigenvalue weighted by molar-refractivity contribution is 5.81. The number of anilines is 1. The molecule has 0 fully saturated rings. The fraction of sp³-hybridized carbons (Fsp3) is 0.312. The molecule has 1 aromatic carbocycles. The summed E-state index contributed by atoms with van der Waals surface area (Å²) in [6.07, 6.45) is 0.988. The molecular formula is C16H18N4O3. The van der Waals surface area contributed by atoms with Crippen LogP contribution in [-0.2, 0) is 11.3 Å². The fourth-order valence-electron chi connectivity index (χ4n) is 2.15. The second-order valence-corrected chi connectivity index (χ2v) is 5.31. The van der Waals surface area contributed by atoms with Crippen LogP contribution in [-0.4, -0.2) is 42.7 Å². The van der Waals surface area contributed by atoms with Crippen LogP contribution in [0.15, 0.2) is 36.5 Å². The molecule has 2 heterocycles. The van der Waals surface area contributed by atoms with Crippen LogP contribution in [0.3, 0.4) is 0 Å². The van der Waals surface area contributed by atoms with E-state index in [1.807, 2.05) is 37.2 Å². The van der Waals surface area contributed by atoms with E-state index in [0.29, 0.717) is 17.3 Å². The molecule has 1 aliphatic rings. The predicted molar refractivity (Wildman–Crippen MR) is 84.6 cm³/mol. The second kappa shape index (κ2) is 6.51. The molecule has 23 heavy (non-hydrogen) atoms. The molecule has 1 N–H and O–H groups in total. The SMILES string of the molecule is CN(C)c1ccnc(CNC(=O)C2COc3ccccc3O2)n1. The average Bonchev–Trinajstić information content (AvgIpc) is 2.59. The Morgan fingerprint density at radius 3 is 2.87 bits per heavy atom. The first kappa shape index (κ1) is 15.1. The lowest BCUT2D eigenvalue weighted by molar-refractivity contribution is -0.130. The number of para-hydroxylation sites is 2. The zero-order valence-electron chi connectivity index (χ0n) is 13.0. The van der Waals surface area contributed by atoms with Crippen molar-refractivity contribution in [1.82, 2.24) is 15.3 Å². The van der Waals surface area contributed by atoms with E-state index in [9.17, 15) is 4.79 Å². The normalized spacial score (nSPS) is 15.8. The van der Waals surface area contributed by atoms with E-state index in [2.05, 4.69) is 15.3 Å². The van der Waals surface area contributed by atoms with E-state index in [1.165, 1.54) is 0 Å². The first-order chi connectivity index (χ1) is 11.1. The number of nitrogens with one attached hydrogen (secondary N) is 1. The van der Waals surface area contributed by atoms with Gasteiger partial charge in [0, 0.05) is 20.3 Å². The van der Waals surface area contributed by atoms with Crippen molar-refractivity contribution in [2.75, 3.05) is 25.6 Å². The van der Waals surface area contributed by atoms with E-state index in [0.717, 1.165) is 5.82 Å². The highest BCUT2D eigenvalue weighted by atomic mass is 16.6. The van der Waals surface area contributed by atoms with Crippen molar-refractivity contribution in [1.29, 1.82) is 0 Å². The maximum atomic E-state index is 12.2. The lowest BCUT2D eigenvalue weighted by Crippen LogP contribution is -2.43. The summed E-state index contributed by atoms with van der Waals surface area (Å²) in [7, 11) is 3.80. The van der Waals surface area contributed by atoms with Gasteiger partial charge in [-0.3, -0.25) is 4.79 Å². The minimum atomic E-state index is -0.679. The van der Waals surface area contributed by atoms with Gasteiger partial charge < -0.3 is 19.7 Å². The Bertz CT molecular complexity index is 705. The van der Waals surface area contributed by atoms with Crippen LogP contribution in [0.1, 0.15) is 5.82 Å². The van der Waals surface area contributed by atoms with Crippen molar-refractivity contribution in [2.45, 2.75) is 12.6 Å². The van der Waals surface area contributed by atoms with Crippen LogP contribution in [0, 0.1) is 0 Å². The minimum absolute atomic E-state index is 0.182. The van der Waals surface area contributed by atoms with E-state index in [-0.39, 0.29) is 19.1 Å². The number of aromatic nitrogens is 2. The van der Waals surface area contributed by atoms with Crippen molar-refractivity contribution in [2.24, 2.45) is 0 Å². The summed E-state index contributed by atoms with van der Waals surface area (Å²) in [5.41, 5.74) is 0. The van der Waals surface area contributed by atoms with Gasteiger partial charge in [-0.05, 0) is 18.2 Å². The molecule has 1 atom stereocenters. The van der Waals surface area contributed by atoms with Gasteiger partial charge in [-0.25, -0.2) is 9.97 Å². The number of ether oxygens (including phenoxy) is 2. The van der Waals surface area contributed by atoms with Gasteiger partial charge in [0.25, 0.3) is 5.91 Å². The Labute approximate surface area is 134 Å². The van der Waals surface area contributed by atoms with Crippen LogP contribution < -0.4 is 19.7 Å². The fourth-order valence-corrected chi connectivity index (χ4v) is 2.15. The van der Waals surface area contributed by atoms with Crippen LogP contribution in [0.2, 0.25) is 0 Å². The van der Waals surface area contributed by atoms with Crippen molar-refractivity contribution in [3.8, 4) is 11.5 Å². The van der Waals surface area contributed by atoms with Gasteiger partial charge in [-0.2, -0.15) is 0 Å². The van der Waals surface area contributed by atoms with E-state index < -0.39 is 6.10 Å². The molecule has 1 unspecified atom stereocenters. The van der Waals surface area contributed by atoms with E-state index in [4.69, 9.17) is 9.47 Å². The molecule has 1 aromatic heterocycles. The van der Waals surface area contributed by atoms with Gasteiger partial charge in [0.05, 0.1) is 6.54 Å². The van der Waals surface area contributed by atoms with Crippen LogP contribution in [0.5, 0.6) is 11.5 Å². The second-order valence-electron chi connectivity index (χ2n) is 5.31. The van der Waals surface area contributed by atoms with Gasteiger partial charge in [0.1, 0.15) is 18.2 Å². The Morgan fingerprint density at radius 2 is 2.09 bits per heavy atom. The number of hydrogen-bond donors (Lipinski definition) is 1. The van der Waals surface area contributed by atoms with Gasteiger partial charge in [-0.15, -0.1) is 0 Å². The number of carbonyl (C=O) groups excluding carboxylic acids is 1. The van der Waals surface area contributed by atoms with Crippen molar-refractivity contribution in [3.05, 3.63) is 42.4 Å². The monoisotopic (exact) mass is 314 g/mol. The predicted octanol–water partition coefficient (Wildman–Crippen LogP) is 0.999. The molecule has 1 aliphatic heterocycles. The lowest BCUT2D eigenvalue weighted by Gasteiger charge is -2.25. The summed E-state index contributed by atoms with van der Waals surface area (Å²) in [5, 5.41) is 2.78. The summed E-state index contributed by atoms with van der Waals surface area (Å²) in [4.78, 5) is 22.6. The third-order valence-electron chi connectivity index (χ3n) is 3.37. The average molecular weight is 314 g/mol. The molecule has 3 rings (SSSR count). The topological polar surface area (TPSA) is 76.6 Å². The van der Waals surface area contributed by atoms with Crippen LogP contribution >= 0.6 is 0 Å². The van der Waals surface area contributed by atoms with Gasteiger partial charge in [0.2, 0.25) is 6.10 Å². The van der Waals surface area contributed by atoms with Crippen LogP contribution in [0.4, 0.5) is 5.82 Å². The van der Waals surface area contributed by atoms with Gasteiger partial charge in [0.15, 0.2) is 11.5 Å². The van der Waals surface area contributed by atoms with Crippen molar-refractivity contribution < 1.29 is 14.3 Å². The van der Waals surface area contributed by atoms with Gasteiger partial charge in [-0.1, -0.05) is 12.1 Å². The maximum absolute atomic E-state index is 12.2. The molecule has 1 amide bonds. The molecule has 2 aromatic rings. The molecule has 0 saturated carbocycles. The third-order valence-corrected chi connectivity index (χ3v) is 3.37. The number of carbonyl (C=O) groups is 1. The molecule has 7 heteroatoms. The largest absolute Gasteiger partial charge is 0.485 e. The maximum Gasteiger partial charge on any atom is 0.265 e. The first-order valence-electron chi connectivity index (χ1n) is 7.29. The molecule has 0 aliphatic carbocycles. The third kappa shape index (κ3) is 3.50. The number of amides is 1. The van der Waals surface area contributed by atoms with Crippen molar-refractivity contribution >= 4 is 11.7 Å². The number of fused-ring (bicyclic) bond motifs is 1. The minimum Gasteiger partial charge on any atom is -0.485 e. The number of benzene rings is 1. The Hall–Kier alpha value is -2.83. The number of hydrogen-bond acceptors (Lipinski definition) is 6. The lowest BCUT2D eigenvalue weighted by atomic mass is 10.2. The zero-order valence-corrected chi connectivity index (χ0v) is 13.0. The molecule has 0 spiro atoms. The summed E-state index contributed by atoms with van der Waals surface area (Å²) in [5.74, 6) is 2.30. The molecule has 120 valence electrons. The molecule has 0 saturated heterocycles. The number of nitrogens with zero attached hydrogens (tertiary/aromatic N) is 3. The zero-order chi connectivity index (χ0) is 16.2. The summed E-state index contributed by atoms with van der Waals surface area (Å²) < 4.78 is 11.2. The highest BCUT2D eigenvalue weighted by Gasteiger charge is 2.27. The summed E-state index contributed by atoms with van der Waals surface area (Å²) >= 11 is 0. The molecule has 0 radical (unpaired) electrons. The standard InChI is InChI=1S/C16H18N4O3/c1-20(2)15-7-8-17-14(19-15)9-18-16(21)13-10-22-11-5-3-4-6-12(11)23-13/h3-8,13H,9-10H2,1-2H3,(H,18,21). The van der Waals surface area contributed by atoms with Gasteiger partial charge >= 0.3 is 0 Å². The van der Waals surface area contributed by atoms with E-state index >= 15 is 0 Å². The molecule has 7 nitrogen and oxygen atoms in total. The Balaban J connectivity index is 1.59. The van der Waals surface area contributed by atoms with Crippen molar-refractivity contribution in [3.63, 3.8) is 0 Å². The quantitative estimate of drug-likeness (QED) is 0.907. The first-order valence-corrected chi connectivity index (χ1v) is 7.29. The van der Waals surface area contributed by atoms with Crippen LogP contribution in [0.25, 0.3) is 0 Å². The smallest absolute Gasteiger partial charge is 0.265 e.